The zero-order chi connectivity index (χ0) is 16.4. The van der Waals surface area contributed by atoms with Crippen LogP contribution in [-0.2, 0) is 11.2 Å². The van der Waals surface area contributed by atoms with Gasteiger partial charge in [-0.15, -0.1) is 0 Å². The second-order valence-electron chi connectivity index (χ2n) is 6.06. The first-order valence-corrected chi connectivity index (χ1v) is 8.37. The minimum Gasteiger partial charge on any atom is -0.378 e. The van der Waals surface area contributed by atoms with Crippen LogP contribution in [0.4, 0.5) is 11.6 Å². The van der Waals surface area contributed by atoms with Crippen LogP contribution in [0.25, 0.3) is 0 Å². The highest BCUT2D eigenvalue weighted by molar-refractivity contribution is 6.06. The second-order valence-corrected chi connectivity index (χ2v) is 6.06. The van der Waals surface area contributed by atoms with E-state index in [0.29, 0.717) is 24.7 Å². The molecule has 0 atom stereocenters. The molecule has 24 heavy (non-hydrogen) atoms. The number of para-hydroxylation sites is 1. The van der Waals surface area contributed by atoms with Crippen molar-refractivity contribution in [1.82, 2.24) is 9.97 Å². The molecule has 0 radical (unpaired) electrons. The summed E-state index contributed by atoms with van der Waals surface area (Å²) in [5.41, 5.74) is 2.76. The molecule has 0 unspecified atom stereocenters. The van der Waals surface area contributed by atoms with Gasteiger partial charge in [0, 0.05) is 37.7 Å². The fourth-order valence-electron chi connectivity index (χ4n) is 3.26. The van der Waals surface area contributed by atoms with Crippen LogP contribution in [0, 0.1) is 0 Å². The van der Waals surface area contributed by atoms with Crippen molar-refractivity contribution < 1.29 is 9.53 Å². The zero-order valence-corrected chi connectivity index (χ0v) is 13.5. The van der Waals surface area contributed by atoms with Crippen molar-refractivity contribution in [2.45, 2.75) is 12.8 Å². The lowest BCUT2D eigenvalue weighted by molar-refractivity contribution is 0.0984. The lowest BCUT2D eigenvalue weighted by atomic mass is 10.0. The van der Waals surface area contributed by atoms with Crippen molar-refractivity contribution in [1.29, 1.82) is 0 Å². The summed E-state index contributed by atoms with van der Waals surface area (Å²) >= 11 is 0. The number of aryl methyl sites for hydroxylation is 1. The van der Waals surface area contributed by atoms with Crippen molar-refractivity contribution in [2.24, 2.45) is 0 Å². The van der Waals surface area contributed by atoms with Crippen LogP contribution in [0.5, 0.6) is 0 Å². The average Bonchev–Trinajstić information content (AvgIpc) is 2.68. The quantitative estimate of drug-likeness (QED) is 0.844. The van der Waals surface area contributed by atoms with Crippen LogP contribution < -0.4 is 9.80 Å². The summed E-state index contributed by atoms with van der Waals surface area (Å²) in [6.45, 7) is 3.68. The molecule has 2 aliphatic rings. The molecule has 1 amide bonds. The number of anilines is 2. The van der Waals surface area contributed by atoms with E-state index >= 15 is 0 Å². The van der Waals surface area contributed by atoms with Crippen LogP contribution in [-0.4, -0.2) is 48.7 Å². The zero-order valence-electron chi connectivity index (χ0n) is 13.5. The maximum Gasteiger partial charge on any atom is 0.261 e. The molecule has 2 aromatic rings. The molecule has 1 saturated heterocycles. The molecular formula is C18H20N4O2. The third-order valence-electron chi connectivity index (χ3n) is 4.53. The van der Waals surface area contributed by atoms with Gasteiger partial charge in [-0.25, -0.2) is 9.97 Å². The largest absolute Gasteiger partial charge is 0.378 e. The maximum absolute atomic E-state index is 12.9. The number of aromatic nitrogens is 2. The number of carbonyl (C=O) groups excluding carboxylic acids is 1. The Bertz CT molecular complexity index is 726. The van der Waals surface area contributed by atoms with Gasteiger partial charge in [0.2, 0.25) is 5.95 Å². The second kappa shape index (κ2) is 6.57. The standard InChI is InChI=1S/C18H20N4O2/c23-17(22-7-3-5-14-4-1-2-6-16(14)22)15-12-19-18(20-13-15)21-8-10-24-11-9-21/h1-2,4,6,12-13H,3,5,7-11H2. The van der Waals surface area contributed by atoms with Gasteiger partial charge in [-0.05, 0) is 24.5 Å². The van der Waals surface area contributed by atoms with E-state index in [-0.39, 0.29) is 5.91 Å². The van der Waals surface area contributed by atoms with Crippen molar-refractivity contribution in [3.8, 4) is 0 Å². The summed E-state index contributed by atoms with van der Waals surface area (Å²) in [5, 5.41) is 0. The molecule has 2 aliphatic heterocycles. The highest BCUT2D eigenvalue weighted by Gasteiger charge is 2.24. The van der Waals surface area contributed by atoms with Crippen molar-refractivity contribution in [2.75, 3.05) is 42.6 Å². The Morgan fingerprint density at radius 3 is 2.58 bits per heavy atom. The van der Waals surface area contributed by atoms with Crippen molar-refractivity contribution in [3.63, 3.8) is 0 Å². The minimum atomic E-state index is -0.0318. The molecule has 0 saturated carbocycles. The molecule has 4 rings (SSSR count). The third-order valence-corrected chi connectivity index (χ3v) is 4.53. The van der Waals surface area contributed by atoms with Gasteiger partial charge < -0.3 is 14.5 Å². The van der Waals surface area contributed by atoms with Gasteiger partial charge in [0.15, 0.2) is 0 Å². The molecule has 1 aromatic carbocycles. The summed E-state index contributed by atoms with van der Waals surface area (Å²) in [6, 6.07) is 8.09. The van der Waals surface area contributed by atoms with Crippen LogP contribution in [0.2, 0.25) is 0 Å². The first kappa shape index (κ1) is 15.1. The minimum absolute atomic E-state index is 0.0318. The average molecular weight is 324 g/mol. The number of ether oxygens (including phenoxy) is 1. The monoisotopic (exact) mass is 324 g/mol. The first-order chi connectivity index (χ1) is 11.8. The molecule has 6 nitrogen and oxygen atoms in total. The van der Waals surface area contributed by atoms with Crippen molar-refractivity contribution in [3.05, 3.63) is 47.8 Å². The predicted octanol–water partition coefficient (Wildman–Crippen LogP) is 1.91. The lowest BCUT2D eigenvalue weighted by Crippen LogP contribution is -2.38. The molecule has 0 bridgehead atoms. The van der Waals surface area contributed by atoms with Crippen LogP contribution in [0.1, 0.15) is 22.3 Å². The molecular weight excluding hydrogens is 304 g/mol. The van der Waals surface area contributed by atoms with Crippen LogP contribution >= 0.6 is 0 Å². The number of nitrogens with zero attached hydrogens (tertiary/aromatic N) is 4. The molecule has 124 valence electrons. The number of hydrogen-bond acceptors (Lipinski definition) is 5. The molecule has 6 heteroatoms. The van der Waals surface area contributed by atoms with Gasteiger partial charge in [0.1, 0.15) is 0 Å². The number of rotatable bonds is 2. The van der Waals surface area contributed by atoms with E-state index < -0.39 is 0 Å². The molecule has 0 spiro atoms. The third kappa shape index (κ3) is 2.85. The number of carbonyl (C=O) groups is 1. The number of fused-ring (bicyclic) bond motifs is 1. The van der Waals surface area contributed by atoms with Crippen LogP contribution in [0.3, 0.4) is 0 Å². The van der Waals surface area contributed by atoms with E-state index in [9.17, 15) is 4.79 Å². The SMILES string of the molecule is O=C(c1cnc(N2CCOCC2)nc1)N1CCCc2ccccc21. The Hall–Kier alpha value is -2.47. The molecule has 1 aromatic heterocycles. The van der Waals surface area contributed by atoms with Crippen LogP contribution in [0.15, 0.2) is 36.7 Å². The predicted molar refractivity (Wildman–Crippen MR) is 91.5 cm³/mol. The fourth-order valence-corrected chi connectivity index (χ4v) is 3.26. The Morgan fingerprint density at radius 1 is 1.04 bits per heavy atom. The molecule has 3 heterocycles. The van der Waals surface area contributed by atoms with Gasteiger partial charge in [0.05, 0.1) is 18.8 Å². The van der Waals surface area contributed by atoms with Gasteiger partial charge in [-0.1, -0.05) is 18.2 Å². The van der Waals surface area contributed by atoms with Gasteiger partial charge in [0.25, 0.3) is 5.91 Å². The van der Waals surface area contributed by atoms with Gasteiger partial charge in [-0.3, -0.25) is 4.79 Å². The van der Waals surface area contributed by atoms with E-state index in [1.165, 1.54) is 5.56 Å². The van der Waals surface area contributed by atoms with Crippen molar-refractivity contribution >= 4 is 17.5 Å². The summed E-state index contributed by atoms with van der Waals surface area (Å²) in [4.78, 5) is 25.6. The smallest absolute Gasteiger partial charge is 0.261 e. The molecule has 0 N–H and O–H groups in total. The number of amides is 1. The highest BCUT2D eigenvalue weighted by Crippen LogP contribution is 2.28. The maximum atomic E-state index is 12.9. The molecule has 1 fully saturated rings. The van der Waals surface area contributed by atoms with E-state index in [2.05, 4.69) is 20.9 Å². The Kier molecular flexibility index (Phi) is 4.13. The van der Waals surface area contributed by atoms with Gasteiger partial charge in [-0.2, -0.15) is 0 Å². The normalized spacial score (nSPS) is 17.5. The Balaban J connectivity index is 1.55. The topological polar surface area (TPSA) is 58.6 Å². The fraction of sp³-hybridized carbons (Fsp3) is 0.389. The lowest BCUT2D eigenvalue weighted by Gasteiger charge is -2.29. The van der Waals surface area contributed by atoms with E-state index in [1.807, 2.05) is 23.1 Å². The van der Waals surface area contributed by atoms with E-state index in [1.54, 1.807) is 12.4 Å². The first-order valence-electron chi connectivity index (χ1n) is 8.37. The summed E-state index contributed by atoms with van der Waals surface area (Å²) in [5.74, 6) is 0.629. The Morgan fingerprint density at radius 2 is 1.79 bits per heavy atom. The number of morpholine rings is 1. The van der Waals surface area contributed by atoms with E-state index in [0.717, 1.165) is 38.2 Å². The summed E-state index contributed by atoms with van der Waals surface area (Å²) < 4.78 is 5.34. The number of benzene rings is 1. The van der Waals surface area contributed by atoms with E-state index in [4.69, 9.17) is 4.74 Å². The Labute approximate surface area is 141 Å². The summed E-state index contributed by atoms with van der Waals surface area (Å²) in [6.07, 6.45) is 5.27. The molecule has 0 aliphatic carbocycles. The highest BCUT2D eigenvalue weighted by atomic mass is 16.5. The summed E-state index contributed by atoms with van der Waals surface area (Å²) in [7, 11) is 0. The van der Waals surface area contributed by atoms with Gasteiger partial charge >= 0.3 is 0 Å². The number of hydrogen-bond donors (Lipinski definition) is 0.